The van der Waals surface area contributed by atoms with Crippen molar-refractivity contribution in [3.05, 3.63) is 22.8 Å². The van der Waals surface area contributed by atoms with Gasteiger partial charge in [0, 0.05) is 19.2 Å². The molecule has 1 atom stereocenters. The maximum absolute atomic E-state index is 10.6. The number of halogens is 1. The number of carboxylic acids is 1. The van der Waals surface area contributed by atoms with Gasteiger partial charge in [-0.2, -0.15) is 5.26 Å². The monoisotopic (exact) mass is 267 g/mol. The van der Waals surface area contributed by atoms with Crippen molar-refractivity contribution in [3.63, 3.8) is 0 Å². The van der Waals surface area contributed by atoms with Crippen molar-refractivity contribution in [1.29, 1.82) is 5.26 Å². The van der Waals surface area contributed by atoms with Crippen molar-refractivity contribution in [2.24, 2.45) is 5.92 Å². The number of aliphatic carboxylic acids is 1. The Kier molecular flexibility index (Phi) is 5.40. The van der Waals surface area contributed by atoms with Crippen LogP contribution in [0.25, 0.3) is 0 Å². The Morgan fingerprint density at radius 1 is 1.72 bits per heavy atom. The highest BCUT2D eigenvalue weighted by atomic mass is 35.5. The lowest BCUT2D eigenvalue weighted by atomic mass is 10.0. The lowest BCUT2D eigenvalue weighted by Crippen LogP contribution is -2.18. The van der Waals surface area contributed by atoms with E-state index in [1.165, 1.54) is 12.3 Å². The molecule has 0 aliphatic heterocycles. The number of aromatic nitrogens is 1. The number of carboxylic acid groups (broad SMARTS) is 1. The second kappa shape index (κ2) is 6.82. The van der Waals surface area contributed by atoms with Crippen molar-refractivity contribution in [3.8, 4) is 6.07 Å². The largest absolute Gasteiger partial charge is 0.481 e. The minimum Gasteiger partial charge on any atom is -0.481 e. The molecule has 96 valence electrons. The molecule has 1 aromatic heterocycles. The van der Waals surface area contributed by atoms with Gasteiger partial charge >= 0.3 is 5.97 Å². The minimum atomic E-state index is -0.825. The van der Waals surface area contributed by atoms with Crippen LogP contribution in [0, 0.1) is 17.2 Å². The summed E-state index contributed by atoms with van der Waals surface area (Å²) in [5.41, 5.74) is 0.348. The first-order chi connectivity index (χ1) is 8.58. The third-order valence-electron chi connectivity index (χ3n) is 2.61. The van der Waals surface area contributed by atoms with Gasteiger partial charge in [-0.1, -0.05) is 24.9 Å². The molecule has 0 aliphatic carbocycles. The Labute approximate surface area is 110 Å². The minimum absolute atomic E-state index is 0.00566. The van der Waals surface area contributed by atoms with Crippen LogP contribution in [0.3, 0.4) is 0 Å². The van der Waals surface area contributed by atoms with Gasteiger partial charge < -0.3 is 10.4 Å². The molecule has 1 heterocycles. The van der Waals surface area contributed by atoms with Crippen molar-refractivity contribution < 1.29 is 9.90 Å². The van der Waals surface area contributed by atoms with E-state index in [0.717, 1.165) is 6.42 Å². The molecule has 0 saturated carbocycles. The van der Waals surface area contributed by atoms with E-state index in [0.29, 0.717) is 17.9 Å². The Balaban J connectivity index is 2.68. The highest BCUT2D eigenvalue weighted by molar-refractivity contribution is 6.34. The first-order valence-electron chi connectivity index (χ1n) is 5.58. The number of anilines is 1. The molecule has 0 amide bonds. The smallest absolute Gasteiger partial charge is 0.303 e. The summed E-state index contributed by atoms with van der Waals surface area (Å²) in [7, 11) is 0. The van der Waals surface area contributed by atoms with Crippen LogP contribution in [0.15, 0.2) is 12.3 Å². The van der Waals surface area contributed by atoms with Crippen LogP contribution in [-0.4, -0.2) is 22.6 Å². The summed E-state index contributed by atoms with van der Waals surface area (Å²) in [6, 6.07) is 3.49. The van der Waals surface area contributed by atoms with Crippen LogP contribution < -0.4 is 5.32 Å². The van der Waals surface area contributed by atoms with Crippen LogP contribution in [0.4, 0.5) is 5.82 Å². The first-order valence-corrected chi connectivity index (χ1v) is 5.96. The van der Waals surface area contributed by atoms with Crippen LogP contribution >= 0.6 is 11.6 Å². The summed E-state index contributed by atoms with van der Waals surface area (Å²) in [5, 5.41) is 20.8. The Hall–Kier alpha value is -1.80. The zero-order valence-electron chi connectivity index (χ0n) is 9.98. The van der Waals surface area contributed by atoms with Gasteiger partial charge in [0.2, 0.25) is 0 Å². The molecule has 18 heavy (non-hydrogen) atoms. The van der Waals surface area contributed by atoms with Crippen LogP contribution in [0.5, 0.6) is 0 Å². The fourth-order valence-corrected chi connectivity index (χ4v) is 1.72. The molecule has 6 heteroatoms. The fourth-order valence-electron chi connectivity index (χ4n) is 1.50. The zero-order valence-corrected chi connectivity index (χ0v) is 10.7. The molecule has 0 aromatic carbocycles. The lowest BCUT2D eigenvalue weighted by Gasteiger charge is -2.14. The molecule has 0 radical (unpaired) electrons. The summed E-state index contributed by atoms with van der Waals surface area (Å²) < 4.78 is 0. The van der Waals surface area contributed by atoms with Crippen LogP contribution in [0.1, 0.15) is 25.3 Å². The van der Waals surface area contributed by atoms with Gasteiger partial charge in [-0.3, -0.25) is 4.79 Å². The van der Waals surface area contributed by atoms with Crippen molar-refractivity contribution in [1.82, 2.24) is 4.98 Å². The zero-order chi connectivity index (χ0) is 13.5. The molecule has 2 N–H and O–H groups in total. The Morgan fingerprint density at radius 3 is 3.00 bits per heavy atom. The van der Waals surface area contributed by atoms with Gasteiger partial charge in [-0.15, -0.1) is 0 Å². The van der Waals surface area contributed by atoms with Crippen LogP contribution in [0.2, 0.25) is 5.02 Å². The standard InChI is InChI=1S/C12H14ClN3O2/c1-2-8(5-10(17)18)7-16-12-11(13)9(6-14)3-4-15-12/h3-4,8H,2,5,7H2,1H3,(H,15,16)(H,17,18). The molecule has 0 fully saturated rings. The second-order valence-electron chi connectivity index (χ2n) is 3.89. The van der Waals surface area contributed by atoms with Crippen molar-refractivity contribution in [2.75, 3.05) is 11.9 Å². The number of nitrogens with zero attached hydrogens (tertiary/aromatic N) is 2. The van der Waals surface area contributed by atoms with Crippen LogP contribution in [-0.2, 0) is 4.79 Å². The normalized spacial score (nSPS) is 11.6. The van der Waals surface area contributed by atoms with E-state index >= 15 is 0 Å². The van der Waals surface area contributed by atoms with Gasteiger partial charge in [0.05, 0.1) is 5.56 Å². The summed E-state index contributed by atoms with van der Waals surface area (Å²) >= 11 is 5.98. The van der Waals surface area contributed by atoms with E-state index in [1.54, 1.807) is 0 Å². The topological polar surface area (TPSA) is 86.0 Å². The molecule has 1 aromatic rings. The van der Waals surface area contributed by atoms with Gasteiger partial charge in [-0.05, 0) is 12.0 Å². The van der Waals surface area contributed by atoms with Gasteiger partial charge in [0.1, 0.15) is 16.9 Å². The van der Waals surface area contributed by atoms with E-state index in [2.05, 4.69) is 10.3 Å². The van der Waals surface area contributed by atoms with E-state index in [1.807, 2.05) is 13.0 Å². The maximum atomic E-state index is 10.6. The van der Waals surface area contributed by atoms with Gasteiger partial charge in [0.25, 0.3) is 0 Å². The van der Waals surface area contributed by atoms with Gasteiger partial charge in [-0.25, -0.2) is 4.98 Å². The molecule has 0 aliphatic rings. The Morgan fingerprint density at radius 2 is 2.44 bits per heavy atom. The average Bonchev–Trinajstić information content (AvgIpc) is 2.35. The number of hydrogen-bond donors (Lipinski definition) is 2. The summed E-state index contributed by atoms with van der Waals surface area (Å²) in [5.74, 6) is -0.404. The molecule has 5 nitrogen and oxygen atoms in total. The predicted octanol–water partition coefficient (Wildman–Crippen LogP) is 2.52. The number of hydrogen-bond acceptors (Lipinski definition) is 4. The molecular formula is C12H14ClN3O2. The lowest BCUT2D eigenvalue weighted by molar-refractivity contribution is -0.138. The third kappa shape index (κ3) is 3.90. The number of carbonyl (C=O) groups is 1. The quantitative estimate of drug-likeness (QED) is 0.827. The van der Waals surface area contributed by atoms with Crippen molar-refractivity contribution >= 4 is 23.4 Å². The summed E-state index contributed by atoms with van der Waals surface area (Å²) in [4.78, 5) is 14.7. The SMILES string of the molecule is CCC(CNc1nccc(C#N)c1Cl)CC(=O)O. The number of nitrogens with one attached hydrogen (secondary N) is 1. The second-order valence-corrected chi connectivity index (χ2v) is 4.26. The number of rotatable bonds is 6. The number of pyridine rings is 1. The molecular weight excluding hydrogens is 254 g/mol. The molecule has 1 rings (SSSR count). The summed E-state index contributed by atoms with van der Waals surface area (Å²) in [6.45, 7) is 2.39. The van der Waals surface area contributed by atoms with E-state index < -0.39 is 5.97 Å². The maximum Gasteiger partial charge on any atom is 0.303 e. The molecule has 0 bridgehead atoms. The third-order valence-corrected chi connectivity index (χ3v) is 2.99. The molecule has 0 saturated heterocycles. The van der Waals surface area contributed by atoms with Crippen molar-refractivity contribution in [2.45, 2.75) is 19.8 Å². The van der Waals surface area contributed by atoms with E-state index in [9.17, 15) is 4.79 Å². The highest BCUT2D eigenvalue weighted by Gasteiger charge is 2.13. The molecule has 1 unspecified atom stereocenters. The van der Waals surface area contributed by atoms with Gasteiger partial charge in [0.15, 0.2) is 0 Å². The first kappa shape index (κ1) is 14.3. The Bertz CT molecular complexity index is 471. The summed E-state index contributed by atoms with van der Waals surface area (Å²) in [6.07, 6.45) is 2.33. The molecule has 0 spiro atoms. The predicted molar refractivity (Wildman–Crippen MR) is 68.5 cm³/mol. The van der Waals surface area contributed by atoms with E-state index in [-0.39, 0.29) is 17.4 Å². The average molecular weight is 268 g/mol. The highest BCUT2D eigenvalue weighted by Crippen LogP contribution is 2.23. The fraction of sp³-hybridized carbons (Fsp3) is 0.417. The van der Waals surface area contributed by atoms with E-state index in [4.69, 9.17) is 22.0 Å². The number of nitriles is 1.